The Kier molecular flexibility index (Phi) is 6.37. The van der Waals surface area contributed by atoms with Gasteiger partial charge in [-0.1, -0.05) is 67.1 Å². The molecule has 0 saturated carbocycles. The van der Waals surface area contributed by atoms with Crippen LogP contribution in [0.3, 0.4) is 0 Å². The number of fused-ring (bicyclic) bond motifs is 1. The van der Waals surface area contributed by atoms with Crippen LogP contribution >= 0.6 is 11.6 Å². The molecular formula is C26H24ClN3O2. The van der Waals surface area contributed by atoms with E-state index in [1.807, 2.05) is 61.5 Å². The second-order valence-corrected chi connectivity index (χ2v) is 8.10. The van der Waals surface area contributed by atoms with Crippen molar-refractivity contribution in [1.29, 1.82) is 0 Å². The number of nitrogens with one attached hydrogen (secondary N) is 1. The van der Waals surface area contributed by atoms with E-state index in [1.54, 1.807) is 25.1 Å². The molecule has 3 aromatic rings. The number of amides is 2. The van der Waals surface area contributed by atoms with Crippen molar-refractivity contribution < 1.29 is 9.59 Å². The SMILES string of the molecule is CCc1ccccc1NC(=O)CN1C(=O)C(C)N=C(c2ccccc2)c2cc(Cl)ccc21. The minimum Gasteiger partial charge on any atom is -0.324 e. The Balaban J connectivity index is 1.71. The van der Waals surface area contributed by atoms with Crippen LogP contribution in [-0.2, 0) is 16.0 Å². The van der Waals surface area contributed by atoms with Gasteiger partial charge in [-0.05, 0) is 43.2 Å². The number of rotatable bonds is 5. The molecule has 0 spiro atoms. The maximum Gasteiger partial charge on any atom is 0.252 e. The Morgan fingerprint density at radius 2 is 1.78 bits per heavy atom. The summed E-state index contributed by atoms with van der Waals surface area (Å²) in [5.41, 5.74) is 4.71. The summed E-state index contributed by atoms with van der Waals surface area (Å²) >= 11 is 6.31. The number of carbonyl (C=O) groups is 2. The molecule has 1 heterocycles. The Labute approximate surface area is 192 Å². The van der Waals surface area contributed by atoms with Crippen molar-refractivity contribution in [3.63, 3.8) is 0 Å². The van der Waals surface area contributed by atoms with Gasteiger partial charge in [-0.15, -0.1) is 0 Å². The lowest BCUT2D eigenvalue weighted by atomic mass is 10.00. The number of hydrogen-bond donors (Lipinski definition) is 1. The van der Waals surface area contributed by atoms with Gasteiger partial charge >= 0.3 is 0 Å². The number of nitrogens with zero attached hydrogens (tertiary/aromatic N) is 2. The number of aryl methyl sites for hydroxylation is 1. The molecule has 5 nitrogen and oxygen atoms in total. The summed E-state index contributed by atoms with van der Waals surface area (Å²) in [5, 5.41) is 3.49. The lowest BCUT2D eigenvalue weighted by Gasteiger charge is -2.24. The molecule has 0 bridgehead atoms. The summed E-state index contributed by atoms with van der Waals surface area (Å²) < 4.78 is 0. The van der Waals surface area contributed by atoms with Crippen LogP contribution in [0.1, 0.15) is 30.5 Å². The number of benzene rings is 3. The molecule has 3 aromatic carbocycles. The molecule has 0 fully saturated rings. The van der Waals surface area contributed by atoms with Gasteiger partial charge in [0.2, 0.25) is 5.91 Å². The van der Waals surface area contributed by atoms with Crippen LogP contribution in [0.25, 0.3) is 0 Å². The van der Waals surface area contributed by atoms with Gasteiger partial charge in [0.15, 0.2) is 0 Å². The third-order valence-electron chi connectivity index (χ3n) is 5.47. The highest BCUT2D eigenvalue weighted by Gasteiger charge is 2.31. The lowest BCUT2D eigenvalue weighted by molar-refractivity contribution is -0.122. The van der Waals surface area contributed by atoms with Gasteiger partial charge in [0.1, 0.15) is 12.6 Å². The molecule has 162 valence electrons. The Bertz CT molecular complexity index is 1190. The number of benzodiazepines with no additional fused rings is 1. The van der Waals surface area contributed by atoms with Crippen molar-refractivity contribution >= 4 is 40.5 Å². The van der Waals surface area contributed by atoms with Crippen LogP contribution in [0.15, 0.2) is 77.8 Å². The molecule has 1 N–H and O–H groups in total. The normalized spacial score (nSPS) is 15.6. The first-order valence-corrected chi connectivity index (χ1v) is 11.0. The first-order chi connectivity index (χ1) is 15.5. The van der Waals surface area contributed by atoms with E-state index in [2.05, 4.69) is 5.32 Å². The van der Waals surface area contributed by atoms with E-state index < -0.39 is 6.04 Å². The van der Waals surface area contributed by atoms with Gasteiger partial charge < -0.3 is 10.2 Å². The quantitative estimate of drug-likeness (QED) is 0.592. The van der Waals surface area contributed by atoms with E-state index >= 15 is 0 Å². The summed E-state index contributed by atoms with van der Waals surface area (Å²) in [4.78, 5) is 32.5. The molecule has 1 aliphatic rings. The van der Waals surface area contributed by atoms with Gasteiger partial charge in [-0.2, -0.15) is 0 Å². The third kappa shape index (κ3) is 4.43. The average Bonchev–Trinajstić information content (AvgIpc) is 2.90. The highest BCUT2D eigenvalue weighted by atomic mass is 35.5. The summed E-state index contributed by atoms with van der Waals surface area (Å²) in [6, 6.07) is 22.0. The maximum atomic E-state index is 13.3. The van der Waals surface area contributed by atoms with Crippen molar-refractivity contribution in [3.05, 3.63) is 94.5 Å². The molecule has 1 unspecified atom stereocenters. The minimum atomic E-state index is -0.646. The number of hydrogen-bond acceptors (Lipinski definition) is 3. The number of aliphatic imine (C=N–C) groups is 1. The third-order valence-corrected chi connectivity index (χ3v) is 5.71. The van der Waals surface area contributed by atoms with E-state index in [1.165, 1.54) is 4.90 Å². The van der Waals surface area contributed by atoms with Crippen molar-refractivity contribution in [2.75, 3.05) is 16.8 Å². The second-order valence-electron chi connectivity index (χ2n) is 7.66. The predicted molar refractivity (Wildman–Crippen MR) is 130 cm³/mol. The van der Waals surface area contributed by atoms with Crippen LogP contribution in [0.4, 0.5) is 11.4 Å². The van der Waals surface area contributed by atoms with Gasteiger partial charge in [-0.25, -0.2) is 0 Å². The Hall–Kier alpha value is -3.44. The molecular weight excluding hydrogens is 422 g/mol. The van der Waals surface area contributed by atoms with E-state index in [0.29, 0.717) is 16.4 Å². The lowest BCUT2D eigenvalue weighted by Crippen LogP contribution is -2.42. The number of carbonyl (C=O) groups excluding carboxylic acids is 2. The van der Waals surface area contributed by atoms with Crippen LogP contribution in [-0.4, -0.2) is 30.1 Å². The molecule has 0 saturated heterocycles. The molecule has 0 radical (unpaired) electrons. The summed E-state index contributed by atoms with van der Waals surface area (Å²) in [6.07, 6.45) is 0.797. The molecule has 2 amide bonds. The average molecular weight is 446 g/mol. The van der Waals surface area contributed by atoms with Crippen LogP contribution in [0.2, 0.25) is 5.02 Å². The topological polar surface area (TPSA) is 61.8 Å². The Morgan fingerprint density at radius 1 is 1.06 bits per heavy atom. The predicted octanol–water partition coefficient (Wildman–Crippen LogP) is 5.11. The van der Waals surface area contributed by atoms with Crippen LogP contribution in [0, 0.1) is 0 Å². The summed E-state index contributed by atoms with van der Waals surface area (Å²) in [6.45, 7) is 3.66. The molecule has 4 rings (SSSR count). The van der Waals surface area contributed by atoms with Crippen LogP contribution in [0.5, 0.6) is 0 Å². The zero-order chi connectivity index (χ0) is 22.7. The van der Waals surface area contributed by atoms with Crippen molar-refractivity contribution in [2.45, 2.75) is 26.3 Å². The number of para-hydroxylation sites is 1. The number of halogens is 1. The largest absolute Gasteiger partial charge is 0.324 e. The zero-order valence-electron chi connectivity index (χ0n) is 18.0. The van der Waals surface area contributed by atoms with Crippen LogP contribution < -0.4 is 10.2 Å². The highest BCUT2D eigenvalue weighted by Crippen LogP contribution is 2.31. The molecule has 1 aliphatic heterocycles. The number of anilines is 2. The maximum absolute atomic E-state index is 13.3. The molecule has 0 aliphatic carbocycles. The standard InChI is InChI=1S/C26H24ClN3O2/c1-3-18-9-7-8-12-22(18)29-24(31)16-30-23-14-13-20(27)15-21(23)25(28-17(2)26(30)32)19-10-5-4-6-11-19/h4-15,17H,3,16H2,1-2H3,(H,29,31). The molecule has 1 atom stereocenters. The smallest absolute Gasteiger partial charge is 0.252 e. The van der Waals surface area contributed by atoms with Crippen molar-refractivity contribution in [2.24, 2.45) is 4.99 Å². The highest BCUT2D eigenvalue weighted by molar-refractivity contribution is 6.32. The minimum absolute atomic E-state index is 0.118. The van der Waals surface area contributed by atoms with Crippen molar-refractivity contribution in [1.82, 2.24) is 0 Å². The fourth-order valence-electron chi connectivity index (χ4n) is 3.87. The van der Waals surface area contributed by atoms with E-state index in [9.17, 15) is 9.59 Å². The summed E-state index contributed by atoms with van der Waals surface area (Å²) in [5.74, 6) is -0.506. The van der Waals surface area contributed by atoms with E-state index in [0.717, 1.165) is 28.8 Å². The van der Waals surface area contributed by atoms with Gasteiger partial charge in [0.25, 0.3) is 5.91 Å². The first-order valence-electron chi connectivity index (χ1n) is 10.6. The summed E-state index contributed by atoms with van der Waals surface area (Å²) in [7, 11) is 0. The van der Waals surface area contributed by atoms with Crippen molar-refractivity contribution in [3.8, 4) is 0 Å². The Morgan fingerprint density at radius 3 is 2.53 bits per heavy atom. The zero-order valence-corrected chi connectivity index (χ0v) is 18.8. The van der Waals surface area contributed by atoms with Gasteiger partial charge in [0, 0.05) is 21.8 Å². The molecule has 0 aromatic heterocycles. The van der Waals surface area contributed by atoms with E-state index in [-0.39, 0.29) is 18.4 Å². The van der Waals surface area contributed by atoms with E-state index in [4.69, 9.17) is 16.6 Å². The van der Waals surface area contributed by atoms with Gasteiger partial charge in [0.05, 0.1) is 11.4 Å². The fraction of sp³-hybridized carbons (Fsp3) is 0.192. The monoisotopic (exact) mass is 445 g/mol. The molecule has 32 heavy (non-hydrogen) atoms. The molecule has 6 heteroatoms. The second kappa shape index (κ2) is 9.37. The fourth-order valence-corrected chi connectivity index (χ4v) is 4.04. The first kappa shape index (κ1) is 21.8. The van der Waals surface area contributed by atoms with Gasteiger partial charge in [-0.3, -0.25) is 14.6 Å².